The molecule has 1 aliphatic rings. The fraction of sp³-hybridized carbons (Fsp3) is 0.375. The third-order valence-corrected chi connectivity index (χ3v) is 5.19. The van der Waals surface area contributed by atoms with E-state index in [9.17, 15) is 4.79 Å². The number of nitrogens with one attached hydrogen (secondary N) is 1. The number of benzene rings is 1. The van der Waals surface area contributed by atoms with Gasteiger partial charge in [-0.15, -0.1) is 0 Å². The van der Waals surface area contributed by atoms with Crippen LogP contribution in [0.1, 0.15) is 37.0 Å². The molecule has 0 unspecified atom stereocenters. The molecule has 1 aromatic carbocycles. The first-order valence-electron chi connectivity index (χ1n) is 10.5. The Labute approximate surface area is 181 Å². The minimum Gasteiger partial charge on any atom is -0.486 e. The summed E-state index contributed by atoms with van der Waals surface area (Å²) in [5.41, 5.74) is 0.996. The highest BCUT2D eigenvalue weighted by Gasteiger charge is 2.23. The Bertz CT molecular complexity index is 930. The van der Waals surface area contributed by atoms with Crippen molar-refractivity contribution >= 4 is 5.91 Å². The predicted octanol–water partition coefficient (Wildman–Crippen LogP) is 4.16. The van der Waals surface area contributed by atoms with Gasteiger partial charge in [0.05, 0.1) is 38.2 Å². The second kappa shape index (κ2) is 9.75. The van der Waals surface area contributed by atoms with E-state index in [1.165, 1.54) is 0 Å². The molecule has 0 radical (unpaired) electrons. The second-order valence-corrected chi connectivity index (χ2v) is 8.00. The third-order valence-electron chi connectivity index (χ3n) is 5.19. The summed E-state index contributed by atoms with van der Waals surface area (Å²) in [6.07, 6.45) is 3.27. The van der Waals surface area contributed by atoms with Crippen LogP contribution in [0.25, 0.3) is 0 Å². The molecular formula is C24H28N2O5. The van der Waals surface area contributed by atoms with Crippen LogP contribution in [0, 0.1) is 5.92 Å². The number of rotatable bonds is 9. The molecule has 0 saturated carbocycles. The lowest BCUT2D eigenvalue weighted by atomic mass is 9.95. The maximum absolute atomic E-state index is 13.0. The van der Waals surface area contributed by atoms with Crippen LogP contribution in [0.2, 0.25) is 0 Å². The number of fused-ring (bicyclic) bond motifs is 1. The Morgan fingerprint density at radius 3 is 2.19 bits per heavy atom. The number of hydrogen-bond donors (Lipinski definition) is 1. The van der Waals surface area contributed by atoms with E-state index in [2.05, 4.69) is 19.2 Å². The summed E-state index contributed by atoms with van der Waals surface area (Å²) in [6, 6.07) is 13.2. The number of nitrogens with zero attached hydrogens (tertiary/aromatic N) is 1. The van der Waals surface area contributed by atoms with Crippen LogP contribution in [0.5, 0.6) is 11.5 Å². The largest absolute Gasteiger partial charge is 0.486 e. The maximum Gasteiger partial charge on any atom is 0.234 e. The summed E-state index contributed by atoms with van der Waals surface area (Å²) in [7, 11) is 0. The molecule has 4 rings (SSSR count). The van der Waals surface area contributed by atoms with Gasteiger partial charge in [0.25, 0.3) is 0 Å². The number of hydrogen-bond acceptors (Lipinski definition) is 6. The average Bonchev–Trinajstić information content (AvgIpc) is 3.46. The Morgan fingerprint density at radius 1 is 0.968 bits per heavy atom. The lowest BCUT2D eigenvalue weighted by Crippen LogP contribution is -2.39. The van der Waals surface area contributed by atoms with Crippen molar-refractivity contribution < 1.29 is 23.1 Å². The average molecular weight is 424 g/mol. The van der Waals surface area contributed by atoms with Gasteiger partial charge in [0.15, 0.2) is 11.5 Å². The van der Waals surface area contributed by atoms with Crippen molar-refractivity contribution in [3.63, 3.8) is 0 Å². The fourth-order valence-corrected chi connectivity index (χ4v) is 3.72. The molecular weight excluding hydrogens is 396 g/mol. The van der Waals surface area contributed by atoms with E-state index in [-0.39, 0.29) is 24.4 Å². The second-order valence-electron chi connectivity index (χ2n) is 8.00. The van der Waals surface area contributed by atoms with Gasteiger partial charge in [0.1, 0.15) is 24.7 Å². The zero-order valence-electron chi connectivity index (χ0n) is 17.9. The van der Waals surface area contributed by atoms with Crippen LogP contribution in [0.4, 0.5) is 0 Å². The standard InChI is InChI=1S/C24H28N2O5/c1-17(2)24(18-7-8-21-22(13-18)31-12-11-30-21)25-23(27)16-26(14-19-5-3-9-28-19)15-20-6-4-10-29-20/h3-10,13,17,24H,11-12,14-16H2,1-2H3,(H,25,27)/t24-/m0/s1. The number of amides is 1. The monoisotopic (exact) mass is 424 g/mol. The molecule has 0 saturated heterocycles. The molecule has 1 amide bonds. The summed E-state index contributed by atoms with van der Waals surface area (Å²) in [6.45, 7) is 6.50. The molecule has 7 heteroatoms. The minimum atomic E-state index is -0.141. The van der Waals surface area contributed by atoms with Crippen LogP contribution in [0.15, 0.2) is 63.8 Å². The van der Waals surface area contributed by atoms with Crippen molar-refractivity contribution in [1.82, 2.24) is 10.2 Å². The van der Waals surface area contributed by atoms with Crippen LogP contribution in [0.3, 0.4) is 0 Å². The Hall–Kier alpha value is -3.19. The van der Waals surface area contributed by atoms with Gasteiger partial charge in [0.2, 0.25) is 5.91 Å². The Balaban J connectivity index is 1.45. The quantitative estimate of drug-likeness (QED) is 0.556. The molecule has 3 aromatic rings. The summed E-state index contributed by atoms with van der Waals surface area (Å²) in [5, 5.41) is 3.19. The van der Waals surface area contributed by atoms with Crippen molar-refractivity contribution in [2.45, 2.75) is 33.0 Å². The first-order valence-corrected chi connectivity index (χ1v) is 10.5. The van der Waals surface area contributed by atoms with Gasteiger partial charge < -0.3 is 23.6 Å². The summed E-state index contributed by atoms with van der Waals surface area (Å²) in [5.74, 6) is 3.20. The maximum atomic E-state index is 13.0. The molecule has 1 aliphatic heterocycles. The number of carbonyl (C=O) groups is 1. The van der Waals surface area contributed by atoms with Gasteiger partial charge >= 0.3 is 0 Å². The van der Waals surface area contributed by atoms with E-state index < -0.39 is 0 Å². The van der Waals surface area contributed by atoms with Gasteiger partial charge in [-0.05, 0) is 47.9 Å². The highest BCUT2D eigenvalue weighted by atomic mass is 16.6. The van der Waals surface area contributed by atoms with E-state index in [1.54, 1.807) is 12.5 Å². The molecule has 0 aliphatic carbocycles. The van der Waals surface area contributed by atoms with E-state index in [1.807, 2.05) is 47.4 Å². The predicted molar refractivity (Wildman–Crippen MR) is 115 cm³/mol. The van der Waals surface area contributed by atoms with Crippen molar-refractivity contribution in [2.24, 2.45) is 5.92 Å². The molecule has 7 nitrogen and oxygen atoms in total. The zero-order chi connectivity index (χ0) is 21.6. The Kier molecular flexibility index (Phi) is 6.62. The fourth-order valence-electron chi connectivity index (χ4n) is 3.72. The summed E-state index contributed by atoms with van der Waals surface area (Å²) in [4.78, 5) is 15.0. The summed E-state index contributed by atoms with van der Waals surface area (Å²) >= 11 is 0. The molecule has 31 heavy (non-hydrogen) atoms. The lowest BCUT2D eigenvalue weighted by Gasteiger charge is -2.27. The number of furan rings is 2. The molecule has 1 atom stereocenters. The van der Waals surface area contributed by atoms with Gasteiger partial charge in [-0.2, -0.15) is 0 Å². The van der Waals surface area contributed by atoms with Crippen LogP contribution >= 0.6 is 0 Å². The van der Waals surface area contributed by atoms with Gasteiger partial charge in [-0.25, -0.2) is 0 Å². The molecule has 1 N–H and O–H groups in total. The van der Waals surface area contributed by atoms with Crippen LogP contribution in [-0.4, -0.2) is 30.6 Å². The normalized spacial score (nSPS) is 14.1. The van der Waals surface area contributed by atoms with Gasteiger partial charge in [-0.3, -0.25) is 9.69 Å². The molecule has 2 aromatic heterocycles. The minimum absolute atomic E-state index is 0.0632. The van der Waals surface area contributed by atoms with Gasteiger partial charge in [0, 0.05) is 0 Å². The molecule has 0 fully saturated rings. The lowest BCUT2D eigenvalue weighted by molar-refractivity contribution is -0.123. The Morgan fingerprint density at radius 2 is 1.61 bits per heavy atom. The van der Waals surface area contributed by atoms with Gasteiger partial charge in [-0.1, -0.05) is 19.9 Å². The van der Waals surface area contributed by atoms with Crippen molar-refractivity contribution in [1.29, 1.82) is 0 Å². The first-order chi connectivity index (χ1) is 15.1. The molecule has 0 bridgehead atoms. The van der Waals surface area contributed by atoms with E-state index >= 15 is 0 Å². The third kappa shape index (κ3) is 5.49. The topological polar surface area (TPSA) is 77.1 Å². The van der Waals surface area contributed by atoms with E-state index in [0.29, 0.717) is 26.3 Å². The highest BCUT2D eigenvalue weighted by molar-refractivity contribution is 5.78. The van der Waals surface area contributed by atoms with Crippen molar-refractivity contribution in [2.75, 3.05) is 19.8 Å². The number of ether oxygens (including phenoxy) is 2. The van der Waals surface area contributed by atoms with E-state index in [0.717, 1.165) is 28.6 Å². The highest BCUT2D eigenvalue weighted by Crippen LogP contribution is 2.34. The van der Waals surface area contributed by atoms with Crippen LogP contribution in [-0.2, 0) is 17.9 Å². The summed E-state index contributed by atoms with van der Waals surface area (Å²) < 4.78 is 22.3. The van der Waals surface area contributed by atoms with Crippen molar-refractivity contribution in [3.8, 4) is 11.5 Å². The van der Waals surface area contributed by atoms with E-state index in [4.69, 9.17) is 18.3 Å². The molecule has 0 spiro atoms. The van der Waals surface area contributed by atoms with Crippen molar-refractivity contribution in [3.05, 3.63) is 72.1 Å². The smallest absolute Gasteiger partial charge is 0.234 e. The zero-order valence-corrected chi connectivity index (χ0v) is 17.9. The number of carbonyl (C=O) groups excluding carboxylic acids is 1. The first kappa shape index (κ1) is 21.1. The van der Waals surface area contributed by atoms with Crippen LogP contribution < -0.4 is 14.8 Å². The molecule has 3 heterocycles. The SMILES string of the molecule is CC(C)[C@H](NC(=O)CN(Cc1ccco1)Cc1ccco1)c1ccc2c(c1)OCCO2. The molecule has 164 valence electrons.